The summed E-state index contributed by atoms with van der Waals surface area (Å²) < 4.78 is 0.945. The molecule has 114 valence electrons. The van der Waals surface area contributed by atoms with Crippen LogP contribution < -0.4 is 5.32 Å². The molecule has 2 unspecified atom stereocenters. The number of carbonyl (C=O) groups is 2. The number of piperidine rings is 1. The first-order valence-corrected chi connectivity index (χ1v) is 7.75. The highest BCUT2D eigenvalue weighted by atomic mass is 79.9. The van der Waals surface area contributed by atoms with Crippen molar-refractivity contribution in [3.63, 3.8) is 0 Å². The van der Waals surface area contributed by atoms with Crippen molar-refractivity contribution in [3.8, 4) is 0 Å². The van der Waals surface area contributed by atoms with Gasteiger partial charge >= 0.3 is 12.0 Å². The van der Waals surface area contributed by atoms with Gasteiger partial charge in [-0.3, -0.25) is 4.79 Å². The Morgan fingerprint density at radius 1 is 1.38 bits per heavy atom. The quantitative estimate of drug-likeness (QED) is 0.876. The number of likely N-dealkylation sites (tertiary alicyclic amines) is 1. The molecule has 5 nitrogen and oxygen atoms in total. The summed E-state index contributed by atoms with van der Waals surface area (Å²) in [4.78, 5) is 24.9. The van der Waals surface area contributed by atoms with Crippen LogP contribution in [0.2, 0.25) is 0 Å². The number of nitrogens with zero attached hydrogens (tertiary/aromatic N) is 1. The van der Waals surface area contributed by atoms with E-state index in [9.17, 15) is 9.59 Å². The lowest BCUT2D eigenvalue weighted by molar-refractivity contribution is -0.143. The van der Waals surface area contributed by atoms with E-state index in [0.717, 1.165) is 10.0 Å². The first-order valence-electron chi connectivity index (χ1n) is 6.96. The van der Waals surface area contributed by atoms with Crippen LogP contribution in [0, 0.1) is 11.8 Å². The van der Waals surface area contributed by atoms with E-state index in [1.807, 2.05) is 31.2 Å². The molecule has 1 aliphatic heterocycles. The monoisotopic (exact) mass is 354 g/mol. The van der Waals surface area contributed by atoms with E-state index >= 15 is 0 Å². The SMILES string of the molecule is CC1CC(C(=O)O)CN(C(=O)NCc2ccccc2Br)C1. The van der Waals surface area contributed by atoms with Gasteiger partial charge in [-0.1, -0.05) is 41.1 Å². The van der Waals surface area contributed by atoms with Gasteiger partial charge in [0.2, 0.25) is 0 Å². The fourth-order valence-electron chi connectivity index (χ4n) is 2.62. The lowest BCUT2D eigenvalue weighted by atomic mass is 9.91. The molecule has 0 bridgehead atoms. The number of amides is 2. The van der Waals surface area contributed by atoms with Crippen molar-refractivity contribution in [1.82, 2.24) is 10.2 Å². The summed E-state index contributed by atoms with van der Waals surface area (Å²) in [6, 6.07) is 7.48. The maximum atomic E-state index is 12.2. The highest BCUT2D eigenvalue weighted by Crippen LogP contribution is 2.22. The molecule has 0 aliphatic carbocycles. The molecule has 1 heterocycles. The number of carbonyl (C=O) groups excluding carboxylic acids is 1. The molecule has 2 N–H and O–H groups in total. The van der Waals surface area contributed by atoms with Crippen molar-refractivity contribution in [2.45, 2.75) is 19.9 Å². The minimum atomic E-state index is -0.829. The molecule has 1 aliphatic rings. The number of aliphatic carboxylic acids is 1. The van der Waals surface area contributed by atoms with E-state index in [2.05, 4.69) is 21.2 Å². The maximum Gasteiger partial charge on any atom is 0.317 e. The van der Waals surface area contributed by atoms with Gasteiger partial charge in [-0.05, 0) is 24.0 Å². The summed E-state index contributed by atoms with van der Waals surface area (Å²) >= 11 is 3.44. The van der Waals surface area contributed by atoms with Crippen molar-refractivity contribution >= 4 is 27.9 Å². The molecule has 0 aromatic heterocycles. The predicted molar refractivity (Wildman–Crippen MR) is 82.9 cm³/mol. The summed E-state index contributed by atoms with van der Waals surface area (Å²) in [6.45, 7) is 3.28. The molecule has 21 heavy (non-hydrogen) atoms. The van der Waals surface area contributed by atoms with E-state index in [0.29, 0.717) is 19.5 Å². The second-order valence-corrected chi connectivity index (χ2v) is 6.39. The highest BCUT2D eigenvalue weighted by molar-refractivity contribution is 9.10. The Balaban J connectivity index is 1.93. The molecule has 2 rings (SSSR count). The number of hydrogen-bond acceptors (Lipinski definition) is 2. The number of halogens is 1. The summed E-state index contributed by atoms with van der Waals surface area (Å²) in [5.41, 5.74) is 0.991. The average molecular weight is 355 g/mol. The highest BCUT2D eigenvalue weighted by Gasteiger charge is 2.31. The zero-order valence-electron chi connectivity index (χ0n) is 11.9. The van der Waals surface area contributed by atoms with Crippen molar-refractivity contribution in [2.75, 3.05) is 13.1 Å². The Morgan fingerprint density at radius 2 is 2.10 bits per heavy atom. The van der Waals surface area contributed by atoms with Crippen LogP contribution in [0.4, 0.5) is 4.79 Å². The Hall–Kier alpha value is -1.56. The fourth-order valence-corrected chi connectivity index (χ4v) is 3.05. The third-order valence-electron chi connectivity index (χ3n) is 3.68. The average Bonchev–Trinajstić information content (AvgIpc) is 2.45. The van der Waals surface area contributed by atoms with Gasteiger partial charge in [0.15, 0.2) is 0 Å². The molecule has 1 fully saturated rings. The molecule has 0 spiro atoms. The van der Waals surface area contributed by atoms with E-state index in [1.165, 1.54) is 0 Å². The van der Waals surface area contributed by atoms with Gasteiger partial charge in [0, 0.05) is 24.1 Å². The fraction of sp³-hybridized carbons (Fsp3) is 0.467. The molecule has 1 aromatic carbocycles. The molecule has 1 saturated heterocycles. The van der Waals surface area contributed by atoms with Gasteiger partial charge < -0.3 is 15.3 Å². The Kier molecular flexibility index (Phi) is 5.22. The first kappa shape index (κ1) is 15.8. The van der Waals surface area contributed by atoms with Crippen LogP contribution in [0.3, 0.4) is 0 Å². The minimum Gasteiger partial charge on any atom is -0.481 e. The third kappa shape index (κ3) is 4.20. The normalized spacial score (nSPS) is 21.9. The van der Waals surface area contributed by atoms with Crippen LogP contribution in [0.25, 0.3) is 0 Å². The van der Waals surface area contributed by atoms with Gasteiger partial charge in [-0.2, -0.15) is 0 Å². The summed E-state index contributed by atoms with van der Waals surface area (Å²) in [5.74, 6) is -1.10. The molecular formula is C15H19BrN2O3. The number of carboxylic acid groups (broad SMARTS) is 1. The molecule has 2 amide bonds. The Morgan fingerprint density at radius 3 is 2.76 bits per heavy atom. The smallest absolute Gasteiger partial charge is 0.317 e. The van der Waals surface area contributed by atoms with Crippen LogP contribution >= 0.6 is 15.9 Å². The zero-order valence-corrected chi connectivity index (χ0v) is 13.5. The number of urea groups is 1. The predicted octanol–water partition coefficient (Wildman–Crippen LogP) is 2.70. The van der Waals surface area contributed by atoms with Gasteiger partial charge in [0.25, 0.3) is 0 Å². The lowest BCUT2D eigenvalue weighted by Gasteiger charge is -2.34. The third-order valence-corrected chi connectivity index (χ3v) is 4.46. The van der Waals surface area contributed by atoms with Gasteiger partial charge in [-0.25, -0.2) is 4.79 Å². The topological polar surface area (TPSA) is 69.6 Å². The van der Waals surface area contributed by atoms with Gasteiger partial charge in [0.1, 0.15) is 0 Å². The Bertz CT molecular complexity index is 535. The van der Waals surface area contributed by atoms with Crippen LogP contribution in [-0.2, 0) is 11.3 Å². The largest absolute Gasteiger partial charge is 0.481 e. The number of rotatable bonds is 3. The molecular weight excluding hydrogens is 336 g/mol. The summed E-state index contributed by atoms with van der Waals surface area (Å²) in [5, 5.41) is 12.0. The second-order valence-electron chi connectivity index (χ2n) is 5.53. The second kappa shape index (κ2) is 6.93. The lowest BCUT2D eigenvalue weighted by Crippen LogP contribution is -2.49. The van der Waals surface area contributed by atoms with Crippen molar-refractivity contribution in [3.05, 3.63) is 34.3 Å². The van der Waals surface area contributed by atoms with Crippen LogP contribution in [-0.4, -0.2) is 35.1 Å². The van der Waals surface area contributed by atoms with Crippen molar-refractivity contribution < 1.29 is 14.7 Å². The minimum absolute atomic E-state index is 0.203. The number of nitrogens with one attached hydrogen (secondary N) is 1. The van der Waals surface area contributed by atoms with Gasteiger partial charge in [-0.15, -0.1) is 0 Å². The number of benzene rings is 1. The van der Waals surface area contributed by atoms with Gasteiger partial charge in [0.05, 0.1) is 5.92 Å². The van der Waals surface area contributed by atoms with E-state index in [4.69, 9.17) is 5.11 Å². The number of hydrogen-bond donors (Lipinski definition) is 2. The summed E-state index contributed by atoms with van der Waals surface area (Å²) in [6.07, 6.45) is 0.628. The van der Waals surface area contributed by atoms with E-state index in [-0.39, 0.29) is 18.5 Å². The maximum absolute atomic E-state index is 12.2. The molecule has 0 saturated carbocycles. The number of carboxylic acids is 1. The van der Waals surface area contributed by atoms with E-state index in [1.54, 1.807) is 4.90 Å². The molecule has 6 heteroatoms. The standard InChI is InChI=1S/C15H19BrN2O3/c1-10-6-12(14(19)20)9-18(8-10)15(21)17-7-11-4-2-3-5-13(11)16/h2-5,10,12H,6-9H2,1H3,(H,17,21)(H,19,20). The molecule has 0 radical (unpaired) electrons. The van der Waals surface area contributed by atoms with Crippen LogP contribution in [0.5, 0.6) is 0 Å². The van der Waals surface area contributed by atoms with Crippen LogP contribution in [0.15, 0.2) is 28.7 Å². The van der Waals surface area contributed by atoms with Crippen LogP contribution in [0.1, 0.15) is 18.9 Å². The molecule has 2 atom stereocenters. The first-order chi connectivity index (χ1) is 9.97. The molecule has 1 aromatic rings. The Labute approximate surface area is 132 Å². The zero-order chi connectivity index (χ0) is 15.4. The summed E-state index contributed by atoms with van der Waals surface area (Å²) in [7, 11) is 0. The van der Waals surface area contributed by atoms with Crippen molar-refractivity contribution in [1.29, 1.82) is 0 Å². The van der Waals surface area contributed by atoms with Crippen molar-refractivity contribution in [2.24, 2.45) is 11.8 Å². The van der Waals surface area contributed by atoms with E-state index < -0.39 is 11.9 Å².